The van der Waals surface area contributed by atoms with Gasteiger partial charge >= 0.3 is 10.4 Å². The Morgan fingerprint density at radius 1 is 0.604 bits per heavy atom. The van der Waals surface area contributed by atoms with Crippen molar-refractivity contribution in [3.63, 3.8) is 0 Å². The standard InChI is InChI=1S/C64H104O31S/c1-23(2)24(3)14-19-64(11,79)37-13-12-32-31-21-35(34-20-30(95-96(80,81)82)15-17-62(34,9)33(31)16-18-63(32,37)10)88-58-49(77)53(41(69)27(6)84-58)92-61-55(94-56-46(74)43(71)38(66)25(4)83-56)48(76)51(29(8)87-61)90-60-54(45(73)39(67)26(5)86-60)93-59-50(78)52(40(68)28(7)85-59)91-57-47(75)44(72)42(70)36(22-65)89-57/h16,23,25-32,34-40,42-61,65-68,70-79H,3,12-15,17-22H2,1-2,4-11H3,(H,80,81,82)/t25-,26-,27-,28-,29-,30+,31-,32-,34+,35-,36-,37+,38-,39+,40+,42+,43?,44-,45-,46+,47+,48-,49+,50+,51-,52-,53-,54+,55+,56+,57+,58+,59+,60+,61+,62-,63-,64-/m0/s1. The number of aliphatic hydroxyl groups excluding tert-OH is 13. The van der Waals surface area contributed by atoms with Gasteiger partial charge in [0, 0.05) is 0 Å². The van der Waals surface area contributed by atoms with Crippen molar-refractivity contribution in [2.45, 2.75) is 323 Å². The highest BCUT2D eigenvalue weighted by molar-refractivity contribution is 7.80. The minimum absolute atomic E-state index is 0.0526. The molecule has 0 aromatic carbocycles. The van der Waals surface area contributed by atoms with E-state index in [4.69, 9.17) is 61.0 Å². The zero-order chi connectivity index (χ0) is 70.5. The molecule has 10 aliphatic rings. The molecular formula is C64H104O31S. The third kappa shape index (κ3) is 14.9. The van der Waals surface area contributed by atoms with Crippen LogP contribution in [0.1, 0.15) is 127 Å². The summed E-state index contributed by atoms with van der Waals surface area (Å²) < 4.78 is 113. The number of allylic oxidation sites excluding steroid dienone is 3. The molecule has 3 saturated carbocycles. The van der Waals surface area contributed by atoms with Crippen molar-refractivity contribution < 1.29 is 150 Å². The van der Waals surface area contributed by atoms with E-state index >= 15 is 0 Å². The largest absolute Gasteiger partial charge is 0.397 e. The lowest BCUT2D eigenvalue weighted by Gasteiger charge is -2.60. The summed E-state index contributed by atoms with van der Waals surface area (Å²) in [4.78, 5) is 14.5. The van der Waals surface area contributed by atoms with Crippen molar-refractivity contribution in [1.29, 1.82) is 0 Å². The Morgan fingerprint density at radius 3 is 1.76 bits per heavy atom. The minimum atomic E-state index is -4.90. The Labute approximate surface area is 558 Å². The molecule has 0 bridgehead atoms. The number of fused-ring (bicyclic) bond motifs is 5. The first-order valence-electron chi connectivity index (χ1n) is 33.7. The molecule has 552 valence electrons. The van der Waals surface area contributed by atoms with Gasteiger partial charge in [-0.05, 0) is 140 Å². The lowest BCUT2D eigenvalue weighted by Crippen LogP contribution is -2.68. The average molecular weight is 1400 g/mol. The van der Waals surface area contributed by atoms with Gasteiger partial charge in [0.15, 0.2) is 49.6 Å². The second-order valence-electron chi connectivity index (χ2n) is 29.7. The van der Waals surface area contributed by atoms with E-state index in [0.717, 1.165) is 18.4 Å². The summed E-state index contributed by atoms with van der Waals surface area (Å²) in [6.45, 7) is 20.7. The number of Topliss-reactive ketones (excluding diaryl/α,β-unsaturated/α-hetero) is 1. The zero-order valence-corrected chi connectivity index (χ0v) is 56.6. The molecule has 4 aliphatic carbocycles. The Morgan fingerprint density at radius 2 is 1.14 bits per heavy atom. The van der Waals surface area contributed by atoms with E-state index in [-0.39, 0.29) is 41.9 Å². The van der Waals surface area contributed by atoms with Crippen LogP contribution in [0.25, 0.3) is 0 Å². The van der Waals surface area contributed by atoms with Crippen LogP contribution in [0.4, 0.5) is 0 Å². The van der Waals surface area contributed by atoms with Gasteiger partial charge in [-0.2, -0.15) is 8.42 Å². The maximum Gasteiger partial charge on any atom is 0.397 e. The molecule has 6 heterocycles. The van der Waals surface area contributed by atoms with E-state index in [0.29, 0.717) is 32.1 Å². The van der Waals surface area contributed by atoms with E-state index in [1.54, 1.807) is 0 Å². The lowest BCUT2D eigenvalue weighted by atomic mass is 9.47. The van der Waals surface area contributed by atoms with Gasteiger partial charge in [-0.3, -0.25) is 9.35 Å². The first-order chi connectivity index (χ1) is 44.8. The number of aliphatic hydroxyl groups is 14. The van der Waals surface area contributed by atoms with Crippen LogP contribution in [-0.4, -0.2) is 293 Å². The molecular weight excluding hydrogens is 1300 g/mol. The van der Waals surface area contributed by atoms with Gasteiger partial charge < -0.3 is 128 Å². The Bertz CT molecular complexity index is 2820. The van der Waals surface area contributed by atoms with Gasteiger partial charge in [0.1, 0.15) is 110 Å². The average Bonchev–Trinajstić information content (AvgIpc) is 1.31. The predicted molar refractivity (Wildman–Crippen MR) is 325 cm³/mol. The van der Waals surface area contributed by atoms with Crippen LogP contribution in [0.3, 0.4) is 0 Å². The third-order valence-electron chi connectivity index (χ3n) is 23.1. The molecule has 31 nitrogen and oxygen atoms in total. The highest BCUT2D eigenvalue weighted by Crippen LogP contribution is 2.68. The maximum atomic E-state index is 14.5. The predicted octanol–water partition coefficient (Wildman–Crippen LogP) is -2.24. The number of carbonyl (C=O) groups excluding carboxylic acids is 1. The topological polar surface area (TPSA) is 475 Å². The molecule has 0 spiro atoms. The third-order valence-corrected chi connectivity index (χ3v) is 23.6. The van der Waals surface area contributed by atoms with Gasteiger partial charge in [-0.1, -0.05) is 51.5 Å². The summed E-state index contributed by atoms with van der Waals surface area (Å²) in [6, 6.07) is 0. The van der Waals surface area contributed by atoms with Gasteiger partial charge in [0.05, 0.1) is 48.8 Å². The van der Waals surface area contributed by atoms with E-state index < -0.39 is 230 Å². The van der Waals surface area contributed by atoms with E-state index in [1.165, 1.54) is 40.2 Å². The van der Waals surface area contributed by atoms with Crippen LogP contribution >= 0.6 is 0 Å². The molecule has 9 fully saturated rings. The van der Waals surface area contributed by atoms with Gasteiger partial charge in [0.25, 0.3) is 0 Å². The Hall–Kier alpha value is -2.02. The number of carbonyl (C=O) groups is 1. The fourth-order valence-corrected chi connectivity index (χ4v) is 17.7. The van der Waals surface area contributed by atoms with Crippen LogP contribution in [0.2, 0.25) is 0 Å². The summed E-state index contributed by atoms with van der Waals surface area (Å²) in [5.41, 5.74) is 0.191. The number of ketones is 1. The molecule has 0 amide bonds. The van der Waals surface area contributed by atoms with Crippen molar-refractivity contribution in [2.75, 3.05) is 6.61 Å². The summed E-state index contributed by atoms with van der Waals surface area (Å²) >= 11 is 0. The summed E-state index contributed by atoms with van der Waals surface area (Å²) in [5, 5.41) is 158. The second kappa shape index (κ2) is 29.6. The van der Waals surface area contributed by atoms with Crippen molar-refractivity contribution in [1.82, 2.24) is 0 Å². The van der Waals surface area contributed by atoms with Crippen LogP contribution in [0.15, 0.2) is 23.8 Å². The van der Waals surface area contributed by atoms with Gasteiger partial charge in [-0.15, -0.1) is 0 Å². The normalized spacial score (nSPS) is 51.6. The molecule has 0 aromatic rings. The van der Waals surface area contributed by atoms with E-state index in [9.17, 15) is 89.3 Å². The molecule has 38 atom stereocenters. The molecule has 15 N–H and O–H groups in total. The fraction of sp³-hybridized carbons (Fsp3) is 0.922. The number of ether oxygens (including phenoxy) is 12. The molecule has 6 aliphatic heterocycles. The molecule has 0 aromatic heterocycles. The van der Waals surface area contributed by atoms with Crippen molar-refractivity contribution in [2.24, 2.45) is 40.4 Å². The lowest BCUT2D eigenvalue weighted by molar-refractivity contribution is -0.403. The van der Waals surface area contributed by atoms with E-state index in [1.807, 2.05) is 6.92 Å². The highest BCUT2D eigenvalue weighted by Gasteiger charge is 2.64. The molecule has 1 unspecified atom stereocenters. The molecule has 96 heavy (non-hydrogen) atoms. The second-order valence-corrected chi connectivity index (χ2v) is 30.7. The number of hydrogen-bond acceptors (Lipinski definition) is 30. The van der Waals surface area contributed by atoms with Crippen molar-refractivity contribution >= 4 is 16.2 Å². The van der Waals surface area contributed by atoms with Crippen molar-refractivity contribution in [3.8, 4) is 0 Å². The van der Waals surface area contributed by atoms with Gasteiger partial charge in [0.2, 0.25) is 0 Å². The smallest absolute Gasteiger partial charge is 0.394 e. The molecule has 32 heteroatoms. The SMILES string of the molecule is C=C(CC[C@](C)(O)[C@@H]1CC[C@H]2[C@@H]3C[C@H](O[C@H]4O[C@@H](C)C(=O)[C@H](O[C@H]5O[C@@H](C)[C@H](O[C@H]6O[C@@H](C)[C@@H](O)[C@H](O)[C@H]6O[C@H]6O[C@@H](C)[C@@H](O)[C@H](O[C@H]7O[C@@H](CO)[C@@H](O)[C@H](O)[C@H]7O)[C@H]6O)[C@H](O)[C@H]5O[C@H]5O[C@@H](C)[C@H](O)C(O)[C@H]5O)[C@H]4O)[C@H]4C[C@H](OS(=O)(=O)O)CC[C@@]4(C)C3=CC[C@]12C)C(C)C. The quantitative estimate of drug-likeness (QED) is 0.0453. The number of rotatable bonds is 20. The molecule has 10 rings (SSSR count). The van der Waals surface area contributed by atoms with Crippen molar-refractivity contribution in [3.05, 3.63) is 23.8 Å². The van der Waals surface area contributed by atoms with Crippen LogP contribution in [0, 0.1) is 40.4 Å². The maximum absolute atomic E-state index is 14.5. The number of hydrogen-bond donors (Lipinski definition) is 15. The first-order valence-corrected chi connectivity index (χ1v) is 35.1. The van der Waals surface area contributed by atoms with Crippen LogP contribution < -0.4 is 0 Å². The highest BCUT2D eigenvalue weighted by atomic mass is 32.3. The minimum Gasteiger partial charge on any atom is -0.394 e. The molecule has 6 saturated heterocycles. The van der Waals surface area contributed by atoms with E-state index in [2.05, 4.69) is 40.3 Å². The monoisotopic (exact) mass is 1400 g/mol. The Balaban J connectivity index is 0.909. The summed E-state index contributed by atoms with van der Waals surface area (Å²) in [5.74, 6) is -1.25. The van der Waals surface area contributed by atoms with Crippen LogP contribution in [0.5, 0.6) is 0 Å². The zero-order valence-electron chi connectivity index (χ0n) is 55.8. The Kier molecular flexibility index (Phi) is 23.6. The summed E-state index contributed by atoms with van der Waals surface area (Å²) in [7, 11) is -4.90. The summed E-state index contributed by atoms with van der Waals surface area (Å²) in [6.07, 6.45) is -45.9. The molecule has 0 radical (unpaired) electrons. The fourth-order valence-electron chi connectivity index (χ4n) is 17.2. The first kappa shape index (κ1) is 76.6. The van der Waals surface area contributed by atoms with Gasteiger partial charge in [-0.25, -0.2) is 4.18 Å². The van der Waals surface area contributed by atoms with Crippen LogP contribution in [-0.2, 0) is 76.2 Å².